The number of methoxy groups -OCH3 is 3. The van der Waals surface area contributed by atoms with E-state index < -0.39 is 15.9 Å². The minimum atomic E-state index is -3.70. The van der Waals surface area contributed by atoms with E-state index in [-0.39, 0.29) is 17.3 Å². The summed E-state index contributed by atoms with van der Waals surface area (Å²) >= 11 is 5.89. The Morgan fingerprint density at radius 2 is 1.70 bits per heavy atom. The van der Waals surface area contributed by atoms with Crippen LogP contribution in [0.3, 0.4) is 0 Å². The van der Waals surface area contributed by atoms with Gasteiger partial charge < -0.3 is 19.1 Å². The van der Waals surface area contributed by atoms with Gasteiger partial charge in [0.25, 0.3) is 0 Å². The summed E-state index contributed by atoms with van der Waals surface area (Å²) < 4.78 is 43.6. The van der Waals surface area contributed by atoms with Gasteiger partial charge in [0, 0.05) is 31.7 Å². The lowest BCUT2D eigenvalue weighted by molar-refractivity contribution is -0.135. The number of benzene rings is 2. The minimum absolute atomic E-state index is 0.111. The molecule has 1 heterocycles. The first-order valence-electron chi connectivity index (χ1n) is 10.5. The lowest BCUT2D eigenvalue weighted by Crippen LogP contribution is -2.45. The molecule has 0 unspecified atom stereocenters. The van der Waals surface area contributed by atoms with Crippen molar-refractivity contribution in [3.8, 4) is 17.2 Å². The highest BCUT2D eigenvalue weighted by Crippen LogP contribution is 2.38. The normalized spacial score (nSPS) is 16.8. The zero-order chi connectivity index (χ0) is 24.2. The fraction of sp³-hybridized carbons (Fsp3) is 0.435. The molecule has 180 valence electrons. The van der Waals surface area contributed by atoms with Gasteiger partial charge in [0.1, 0.15) is 0 Å². The van der Waals surface area contributed by atoms with Crippen LogP contribution >= 0.6 is 11.6 Å². The van der Waals surface area contributed by atoms with Gasteiger partial charge in [-0.3, -0.25) is 4.79 Å². The van der Waals surface area contributed by atoms with E-state index in [1.54, 1.807) is 36.2 Å². The van der Waals surface area contributed by atoms with Crippen LogP contribution in [0.15, 0.2) is 41.3 Å². The summed E-state index contributed by atoms with van der Waals surface area (Å²) in [5.41, 5.74) is 0.807. The number of piperidine rings is 1. The third-order valence-corrected chi connectivity index (χ3v) is 7.84. The maximum atomic E-state index is 13.2. The van der Waals surface area contributed by atoms with E-state index >= 15 is 0 Å². The van der Waals surface area contributed by atoms with E-state index in [0.29, 0.717) is 48.2 Å². The number of amides is 1. The molecule has 10 heteroatoms. The number of carbonyl (C=O) groups excluding carboxylic acids is 1. The third-order valence-electron chi connectivity index (χ3n) is 5.71. The van der Waals surface area contributed by atoms with Crippen molar-refractivity contribution in [2.45, 2.75) is 24.3 Å². The van der Waals surface area contributed by atoms with Crippen LogP contribution in [0.5, 0.6) is 17.2 Å². The predicted molar refractivity (Wildman–Crippen MR) is 126 cm³/mol. The average Bonchev–Trinajstić information content (AvgIpc) is 2.83. The molecule has 2 aromatic carbocycles. The number of carbonyl (C=O) groups is 1. The Kier molecular flexibility index (Phi) is 8.10. The summed E-state index contributed by atoms with van der Waals surface area (Å²) in [5, 5.41) is 0.467. The van der Waals surface area contributed by atoms with Crippen molar-refractivity contribution in [2.24, 2.45) is 5.92 Å². The molecule has 0 N–H and O–H groups in total. The Morgan fingerprint density at radius 3 is 2.24 bits per heavy atom. The number of ether oxygens (including phenoxy) is 3. The van der Waals surface area contributed by atoms with Crippen LogP contribution in [0, 0.1) is 5.92 Å². The van der Waals surface area contributed by atoms with Gasteiger partial charge in [-0.15, -0.1) is 0 Å². The molecule has 1 aliphatic heterocycles. The van der Waals surface area contributed by atoms with Crippen LogP contribution in [0.2, 0.25) is 5.02 Å². The Balaban J connectivity index is 1.73. The molecule has 0 radical (unpaired) electrons. The smallest absolute Gasteiger partial charge is 0.243 e. The molecule has 8 nitrogen and oxygen atoms in total. The number of sulfonamides is 1. The molecular formula is C23H29ClN2O6S. The van der Waals surface area contributed by atoms with E-state index in [4.69, 9.17) is 25.8 Å². The summed E-state index contributed by atoms with van der Waals surface area (Å²) in [4.78, 5) is 15.0. The summed E-state index contributed by atoms with van der Waals surface area (Å²) in [5.74, 6) is 0.955. The number of halogens is 1. The second kappa shape index (κ2) is 10.6. The lowest BCUT2D eigenvalue weighted by atomic mass is 9.98. The maximum absolute atomic E-state index is 13.2. The highest BCUT2D eigenvalue weighted by molar-refractivity contribution is 7.89. The van der Waals surface area contributed by atoms with Crippen LogP contribution in [-0.2, 0) is 21.4 Å². The summed E-state index contributed by atoms with van der Waals surface area (Å²) in [6, 6.07) is 9.66. The largest absolute Gasteiger partial charge is 0.493 e. The van der Waals surface area contributed by atoms with E-state index in [0.717, 1.165) is 5.56 Å². The van der Waals surface area contributed by atoms with Crippen molar-refractivity contribution < 1.29 is 27.4 Å². The first-order valence-corrected chi connectivity index (χ1v) is 12.3. The first kappa shape index (κ1) is 25.1. The fourth-order valence-corrected chi connectivity index (χ4v) is 5.66. The lowest BCUT2D eigenvalue weighted by Gasteiger charge is -2.33. The van der Waals surface area contributed by atoms with E-state index in [1.165, 1.54) is 37.8 Å². The van der Waals surface area contributed by atoms with Crippen molar-refractivity contribution >= 4 is 27.5 Å². The Bertz CT molecular complexity index is 1070. The van der Waals surface area contributed by atoms with Crippen LogP contribution in [0.1, 0.15) is 18.4 Å². The second-order valence-corrected chi connectivity index (χ2v) is 10.3. The molecule has 0 spiro atoms. The molecule has 3 rings (SSSR count). The summed E-state index contributed by atoms with van der Waals surface area (Å²) in [7, 11) is 2.61. The van der Waals surface area contributed by atoms with Gasteiger partial charge >= 0.3 is 0 Å². The van der Waals surface area contributed by atoms with Gasteiger partial charge in [-0.1, -0.05) is 11.6 Å². The van der Waals surface area contributed by atoms with Crippen molar-refractivity contribution in [2.75, 3.05) is 41.5 Å². The molecule has 1 amide bonds. The minimum Gasteiger partial charge on any atom is -0.493 e. The SMILES string of the molecule is COc1cc(CN(C)C(=O)[C@@H]2CCCN(S(=O)(=O)c3ccc(Cl)cc3)C2)cc(OC)c1OC. The van der Waals surface area contributed by atoms with Crippen molar-refractivity contribution in [3.05, 3.63) is 47.0 Å². The number of hydrogen-bond acceptors (Lipinski definition) is 6. The molecule has 0 bridgehead atoms. The summed E-state index contributed by atoms with van der Waals surface area (Å²) in [6.45, 7) is 0.838. The molecule has 1 atom stereocenters. The standard InChI is InChI=1S/C23H29ClN2O6S/c1-25(14-16-12-20(30-2)22(32-4)21(13-16)31-3)23(27)17-6-5-11-26(15-17)33(28,29)19-9-7-18(24)8-10-19/h7-10,12-13,17H,5-6,11,14-15H2,1-4H3/t17-/m1/s1. The fourth-order valence-electron chi connectivity index (χ4n) is 4.01. The highest BCUT2D eigenvalue weighted by atomic mass is 35.5. The van der Waals surface area contributed by atoms with Crippen molar-refractivity contribution in [1.82, 2.24) is 9.21 Å². The monoisotopic (exact) mass is 496 g/mol. The predicted octanol–water partition coefficient (Wildman–Crippen LogP) is 3.43. The van der Waals surface area contributed by atoms with Crippen LogP contribution in [-0.4, -0.2) is 65.0 Å². The van der Waals surface area contributed by atoms with Gasteiger partial charge in [-0.05, 0) is 54.8 Å². The molecule has 1 fully saturated rings. The van der Waals surface area contributed by atoms with Crippen LogP contribution in [0.25, 0.3) is 0 Å². The molecule has 1 saturated heterocycles. The van der Waals surface area contributed by atoms with Gasteiger partial charge in [0.05, 0.1) is 32.1 Å². The molecule has 2 aromatic rings. The number of nitrogens with zero attached hydrogens (tertiary/aromatic N) is 2. The molecule has 1 aliphatic rings. The van der Waals surface area contributed by atoms with Crippen molar-refractivity contribution in [3.63, 3.8) is 0 Å². The van der Waals surface area contributed by atoms with E-state index in [9.17, 15) is 13.2 Å². The topological polar surface area (TPSA) is 85.4 Å². The Morgan fingerprint density at radius 1 is 1.09 bits per heavy atom. The third kappa shape index (κ3) is 5.54. The van der Waals surface area contributed by atoms with Gasteiger partial charge in [0.2, 0.25) is 21.7 Å². The zero-order valence-corrected chi connectivity index (χ0v) is 20.8. The molecule has 0 aromatic heterocycles. The first-order chi connectivity index (χ1) is 15.7. The molecule has 33 heavy (non-hydrogen) atoms. The highest BCUT2D eigenvalue weighted by Gasteiger charge is 2.34. The van der Waals surface area contributed by atoms with E-state index in [1.807, 2.05) is 0 Å². The quantitative estimate of drug-likeness (QED) is 0.556. The van der Waals surface area contributed by atoms with Crippen molar-refractivity contribution in [1.29, 1.82) is 0 Å². The zero-order valence-electron chi connectivity index (χ0n) is 19.2. The Labute approximate surface area is 200 Å². The average molecular weight is 497 g/mol. The molecular weight excluding hydrogens is 468 g/mol. The number of rotatable bonds is 8. The Hall–Kier alpha value is -2.49. The van der Waals surface area contributed by atoms with Gasteiger partial charge in [-0.2, -0.15) is 4.31 Å². The van der Waals surface area contributed by atoms with Gasteiger partial charge in [-0.25, -0.2) is 8.42 Å². The summed E-state index contributed by atoms with van der Waals surface area (Å²) in [6.07, 6.45) is 1.24. The van der Waals surface area contributed by atoms with E-state index in [2.05, 4.69) is 0 Å². The second-order valence-electron chi connectivity index (χ2n) is 7.88. The van der Waals surface area contributed by atoms with Crippen LogP contribution < -0.4 is 14.2 Å². The molecule has 0 saturated carbocycles. The van der Waals surface area contributed by atoms with Gasteiger partial charge in [0.15, 0.2) is 11.5 Å². The molecule has 0 aliphatic carbocycles. The van der Waals surface area contributed by atoms with Crippen LogP contribution in [0.4, 0.5) is 0 Å². The maximum Gasteiger partial charge on any atom is 0.243 e. The number of hydrogen-bond donors (Lipinski definition) is 0.